The smallest absolute Gasteiger partial charge is 0.269 e. The van der Waals surface area contributed by atoms with Gasteiger partial charge in [0.15, 0.2) is 11.2 Å². The number of benzene rings is 1. The van der Waals surface area contributed by atoms with Crippen molar-refractivity contribution in [2.24, 2.45) is 0 Å². The van der Waals surface area contributed by atoms with Gasteiger partial charge in [-0.25, -0.2) is 4.98 Å². The van der Waals surface area contributed by atoms with Crippen molar-refractivity contribution in [1.29, 1.82) is 0 Å². The quantitative estimate of drug-likeness (QED) is 0.162. The molecule has 158 valence electrons. The van der Waals surface area contributed by atoms with E-state index in [2.05, 4.69) is 29.6 Å². The van der Waals surface area contributed by atoms with Crippen LogP contribution in [0.5, 0.6) is 0 Å². The van der Waals surface area contributed by atoms with Crippen LogP contribution in [-0.4, -0.2) is 21.2 Å². The maximum atomic E-state index is 10.7. The Labute approximate surface area is 194 Å². The van der Waals surface area contributed by atoms with Gasteiger partial charge < -0.3 is 5.73 Å². The summed E-state index contributed by atoms with van der Waals surface area (Å²) in [6.07, 6.45) is 1.78. The van der Waals surface area contributed by atoms with Crippen LogP contribution in [0.25, 0.3) is 31.9 Å². The van der Waals surface area contributed by atoms with Crippen LogP contribution in [0.4, 0.5) is 5.69 Å². The van der Waals surface area contributed by atoms with E-state index in [1.807, 2.05) is 38.1 Å². The van der Waals surface area contributed by atoms with Gasteiger partial charge >= 0.3 is 0 Å². The van der Waals surface area contributed by atoms with Crippen molar-refractivity contribution in [1.82, 2.24) is 4.98 Å². The van der Waals surface area contributed by atoms with E-state index in [0.717, 1.165) is 49.0 Å². The van der Waals surface area contributed by atoms with Gasteiger partial charge in [-0.3, -0.25) is 0 Å². The number of alkyl halides is 1. The van der Waals surface area contributed by atoms with Crippen molar-refractivity contribution in [3.05, 3.63) is 53.9 Å². The van der Waals surface area contributed by atoms with Crippen LogP contribution in [0, 0.1) is 0 Å². The van der Waals surface area contributed by atoms with Gasteiger partial charge in [0.2, 0.25) is 0 Å². The second-order valence-corrected chi connectivity index (χ2v) is 10.5. The highest BCUT2D eigenvalue weighted by Gasteiger charge is 2.29. The maximum absolute atomic E-state index is 10.7. The summed E-state index contributed by atoms with van der Waals surface area (Å²) < 4.78 is 11.6. The number of nitrogen functional groups attached to an aromatic ring is 1. The van der Waals surface area contributed by atoms with Crippen LogP contribution in [0.1, 0.15) is 26.7 Å². The summed E-state index contributed by atoms with van der Waals surface area (Å²) in [6, 6.07) is 16.5. The van der Waals surface area contributed by atoms with Gasteiger partial charge in [-0.2, -0.15) is 4.55 Å². The summed E-state index contributed by atoms with van der Waals surface area (Å²) in [6.45, 7) is 4.00. The summed E-state index contributed by atoms with van der Waals surface area (Å²) in [4.78, 5) is 6.88. The third-order valence-corrected chi connectivity index (χ3v) is 8.66. The number of aromatic nitrogens is 1. The van der Waals surface area contributed by atoms with Crippen LogP contribution in [0.15, 0.2) is 58.1 Å². The van der Waals surface area contributed by atoms with E-state index in [0.29, 0.717) is 17.3 Å². The lowest BCUT2D eigenvalue weighted by Crippen LogP contribution is -2.07. The average molecular weight is 478 g/mol. The normalized spacial score (nSPS) is 11.9. The first-order valence-electron chi connectivity index (χ1n) is 9.97. The molecule has 4 rings (SSSR count). The SMILES string of the molecule is CC.Nc1c([S+](O)CCCCCl)sc2nc(-c3cccs3)cc(-c3ccccc3)c12. The van der Waals surface area contributed by atoms with Gasteiger partial charge in [-0.1, -0.05) is 61.6 Å². The number of hydrogen-bond acceptors (Lipinski definition) is 5. The number of unbranched alkanes of at least 4 members (excludes halogenated alkanes) is 1. The second kappa shape index (κ2) is 11.2. The molecular formula is C23H26ClN2OS3+. The monoisotopic (exact) mass is 477 g/mol. The van der Waals surface area contributed by atoms with E-state index in [1.165, 1.54) is 11.3 Å². The molecule has 0 radical (unpaired) electrons. The van der Waals surface area contributed by atoms with Gasteiger partial charge in [0.25, 0.3) is 4.21 Å². The molecule has 0 amide bonds. The zero-order valence-electron chi connectivity index (χ0n) is 17.1. The number of nitrogens with two attached hydrogens (primary N) is 1. The Kier molecular flexibility index (Phi) is 8.60. The first kappa shape index (κ1) is 23.1. The highest BCUT2D eigenvalue weighted by molar-refractivity contribution is 7.93. The van der Waals surface area contributed by atoms with Crippen LogP contribution in [0.3, 0.4) is 0 Å². The molecule has 0 aliphatic carbocycles. The molecule has 7 heteroatoms. The minimum atomic E-state index is -0.890. The lowest BCUT2D eigenvalue weighted by atomic mass is 10.0. The molecule has 3 aromatic heterocycles. The Bertz CT molecular complexity index is 1070. The number of fused-ring (bicyclic) bond motifs is 1. The molecule has 4 aromatic rings. The Morgan fingerprint density at radius 2 is 1.87 bits per heavy atom. The predicted octanol–water partition coefficient (Wildman–Crippen LogP) is 7.77. The fraction of sp³-hybridized carbons (Fsp3) is 0.261. The first-order valence-corrected chi connectivity index (χ1v) is 13.6. The Hall–Kier alpha value is -1.57. The van der Waals surface area contributed by atoms with Crippen LogP contribution in [-0.2, 0) is 11.2 Å². The van der Waals surface area contributed by atoms with Crippen molar-refractivity contribution in [3.63, 3.8) is 0 Å². The van der Waals surface area contributed by atoms with Crippen molar-refractivity contribution in [2.75, 3.05) is 17.4 Å². The molecule has 30 heavy (non-hydrogen) atoms. The van der Waals surface area contributed by atoms with E-state index in [4.69, 9.17) is 22.3 Å². The van der Waals surface area contributed by atoms with Crippen molar-refractivity contribution in [2.45, 2.75) is 30.9 Å². The molecule has 0 aliphatic rings. The molecule has 0 saturated carbocycles. The summed E-state index contributed by atoms with van der Waals surface area (Å²) in [5.74, 6) is 1.30. The molecule has 3 heterocycles. The standard InChI is InChI=1S/C21H20ClN2OS3.C2H6/c22-10-4-5-12-28(25)21-19(23)18-15(14-7-2-1-3-8-14)13-16(24-20(18)27-21)17-9-6-11-26-17;1-2/h1-3,6-9,11,13,25H,4-5,10,12,23H2;1-2H3/q+1;. The third-order valence-electron chi connectivity index (χ3n) is 4.46. The van der Waals surface area contributed by atoms with E-state index >= 15 is 0 Å². The minimum absolute atomic E-state index is 0.614. The van der Waals surface area contributed by atoms with Gasteiger partial charge in [0.1, 0.15) is 16.3 Å². The zero-order valence-corrected chi connectivity index (χ0v) is 20.3. The Balaban J connectivity index is 0.00000124. The molecule has 1 unspecified atom stereocenters. The molecular weight excluding hydrogens is 452 g/mol. The number of nitrogens with zero attached hydrogens (tertiary/aromatic N) is 1. The Morgan fingerprint density at radius 3 is 2.53 bits per heavy atom. The number of halogens is 1. The van der Waals surface area contributed by atoms with Crippen molar-refractivity contribution in [3.8, 4) is 21.7 Å². The number of pyridine rings is 1. The molecule has 0 aliphatic heterocycles. The van der Waals surface area contributed by atoms with Crippen LogP contribution >= 0.6 is 34.3 Å². The lowest BCUT2D eigenvalue weighted by Gasteiger charge is -2.07. The number of anilines is 1. The average Bonchev–Trinajstić information content (AvgIpc) is 3.44. The molecule has 0 spiro atoms. The van der Waals surface area contributed by atoms with Crippen LogP contribution < -0.4 is 5.73 Å². The van der Waals surface area contributed by atoms with E-state index in [1.54, 1.807) is 11.3 Å². The van der Waals surface area contributed by atoms with Crippen LogP contribution in [0.2, 0.25) is 0 Å². The fourth-order valence-electron chi connectivity index (χ4n) is 3.10. The molecule has 1 atom stereocenters. The van der Waals surface area contributed by atoms with Crippen molar-refractivity contribution >= 4 is 61.4 Å². The first-order chi connectivity index (χ1) is 14.7. The fourth-order valence-corrected chi connectivity index (χ4v) is 6.72. The number of rotatable bonds is 7. The highest BCUT2D eigenvalue weighted by atomic mass is 35.5. The lowest BCUT2D eigenvalue weighted by molar-refractivity contribution is 0.636. The van der Waals surface area contributed by atoms with Gasteiger partial charge in [-0.15, -0.1) is 22.9 Å². The van der Waals surface area contributed by atoms with Crippen molar-refractivity contribution < 1.29 is 4.55 Å². The highest BCUT2D eigenvalue weighted by Crippen LogP contribution is 2.43. The summed E-state index contributed by atoms with van der Waals surface area (Å²) in [5.41, 5.74) is 10.3. The van der Waals surface area contributed by atoms with Gasteiger partial charge in [-0.05, 0) is 41.5 Å². The van der Waals surface area contributed by atoms with E-state index in [-0.39, 0.29) is 0 Å². The summed E-state index contributed by atoms with van der Waals surface area (Å²) in [5, 5.41) is 3.00. The molecule has 3 N–H and O–H groups in total. The molecule has 1 aromatic carbocycles. The molecule has 0 saturated heterocycles. The molecule has 0 bridgehead atoms. The van der Waals surface area contributed by atoms with Gasteiger partial charge in [0.05, 0.1) is 10.6 Å². The minimum Gasteiger partial charge on any atom is -0.393 e. The maximum Gasteiger partial charge on any atom is 0.269 e. The molecule has 3 nitrogen and oxygen atoms in total. The molecule has 0 fully saturated rings. The van der Waals surface area contributed by atoms with E-state index in [9.17, 15) is 4.55 Å². The second-order valence-electron chi connectivity index (χ2n) is 6.35. The zero-order chi connectivity index (χ0) is 21.5. The largest absolute Gasteiger partial charge is 0.393 e. The van der Waals surface area contributed by atoms with Gasteiger partial charge in [0, 0.05) is 11.3 Å². The number of thiophene rings is 2. The topological polar surface area (TPSA) is 59.1 Å². The predicted molar refractivity (Wildman–Crippen MR) is 137 cm³/mol. The Morgan fingerprint density at radius 1 is 1.10 bits per heavy atom. The summed E-state index contributed by atoms with van der Waals surface area (Å²) >= 11 is 8.06. The number of hydrogen-bond donors (Lipinski definition) is 2. The third kappa shape index (κ3) is 5.01. The van der Waals surface area contributed by atoms with E-state index < -0.39 is 11.2 Å². The summed E-state index contributed by atoms with van der Waals surface area (Å²) in [7, 11) is 0.